The number of carbonyl (C=O) groups excluding carboxylic acids is 2. The van der Waals surface area contributed by atoms with E-state index in [1.165, 1.54) is 0 Å². The molecular formula is C23H35N5O2. The Hall–Kier alpha value is -1.99. The quantitative estimate of drug-likeness (QED) is 0.734. The molecule has 0 saturated carbocycles. The molecule has 1 aromatic rings. The van der Waals surface area contributed by atoms with E-state index >= 15 is 0 Å². The van der Waals surface area contributed by atoms with E-state index in [0.717, 1.165) is 90.0 Å². The summed E-state index contributed by atoms with van der Waals surface area (Å²) in [7, 11) is 0. The summed E-state index contributed by atoms with van der Waals surface area (Å²) < 4.78 is 0. The molecule has 1 unspecified atom stereocenters. The highest BCUT2D eigenvalue weighted by atomic mass is 16.2. The van der Waals surface area contributed by atoms with Crippen molar-refractivity contribution in [1.29, 1.82) is 0 Å². The second-order valence-corrected chi connectivity index (χ2v) is 8.93. The highest BCUT2D eigenvalue weighted by Crippen LogP contribution is 2.24. The first-order valence-corrected chi connectivity index (χ1v) is 11.6. The molecule has 1 atom stereocenters. The number of nitrogens with one attached hydrogen (secondary N) is 1. The smallest absolute Gasteiger partial charge is 0.224 e. The van der Waals surface area contributed by atoms with Crippen LogP contribution in [-0.4, -0.2) is 83.4 Å². The molecule has 0 bridgehead atoms. The van der Waals surface area contributed by atoms with E-state index in [1.54, 1.807) is 6.20 Å². The van der Waals surface area contributed by atoms with Gasteiger partial charge in [0.15, 0.2) is 0 Å². The summed E-state index contributed by atoms with van der Waals surface area (Å²) in [6.45, 7) is 7.50. The van der Waals surface area contributed by atoms with E-state index in [2.05, 4.69) is 20.1 Å². The van der Waals surface area contributed by atoms with Crippen molar-refractivity contribution in [2.24, 2.45) is 5.92 Å². The van der Waals surface area contributed by atoms with Crippen molar-refractivity contribution in [3.8, 4) is 0 Å². The first kappa shape index (κ1) is 21.2. The number of carbonyl (C=O) groups is 2. The summed E-state index contributed by atoms with van der Waals surface area (Å²) in [5.74, 6) is 0.574. The van der Waals surface area contributed by atoms with Gasteiger partial charge in [0.05, 0.1) is 18.2 Å². The van der Waals surface area contributed by atoms with Gasteiger partial charge in [0.2, 0.25) is 11.8 Å². The minimum atomic E-state index is 0.0849. The number of piperidine rings is 2. The molecule has 164 valence electrons. The van der Waals surface area contributed by atoms with Gasteiger partial charge in [-0.25, -0.2) is 0 Å². The molecule has 2 amide bonds. The van der Waals surface area contributed by atoms with Crippen LogP contribution in [0.3, 0.4) is 0 Å². The molecule has 7 heteroatoms. The van der Waals surface area contributed by atoms with Crippen LogP contribution in [0.2, 0.25) is 0 Å². The summed E-state index contributed by atoms with van der Waals surface area (Å²) in [5, 5.41) is 3.08. The number of pyridine rings is 1. The van der Waals surface area contributed by atoms with Crippen LogP contribution in [0.1, 0.15) is 44.2 Å². The zero-order valence-corrected chi connectivity index (χ0v) is 18.0. The van der Waals surface area contributed by atoms with Crippen molar-refractivity contribution in [2.75, 3.05) is 45.8 Å². The van der Waals surface area contributed by atoms with E-state index in [1.807, 2.05) is 23.1 Å². The number of amides is 2. The summed E-state index contributed by atoms with van der Waals surface area (Å²) in [5.41, 5.74) is 0.904. The Morgan fingerprint density at radius 2 is 1.93 bits per heavy atom. The lowest BCUT2D eigenvalue weighted by Gasteiger charge is -2.42. The van der Waals surface area contributed by atoms with Crippen LogP contribution in [0.25, 0.3) is 0 Å². The zero-order chi connectivity index (χ0) is 20.8. The third-order valence-corrected chi connectivity index (χ3v) is 6.92. The number of nitrogens with zero attached hydrogens (tertiary/aromatic N) is 4. The second-order valence-electron chi connectivity index (χ2n) is 8.93. The summed E-state index contributed by atoms with van der Waals surface area (Å²) >= 11 is 0. The van der Waals surface area contributed by atoms with E-state index < -0.39 is 0 Å². The fraction of sp³-hybridized carbons (Fsp3) is 0.696. The van der Waals surface area contributed by atoms with Crippen molar-refractivity contribution in [1.82, 2.24) is 25.0 Å². The Morgan fingerprint density at radius 1 is 1.07 bits per heavy atom. The first-order valence-electron chi connectivity index (χ1n) is 11.6. The fourth-order valence-electron chi connectivity index (χ4n) is 5.09. The largest absolute Gasteiger partial charge is 0.350 e. The maximum absolute atomic E-state index is 12.7. The first-order chi connectivity index (χ1) is 14.7. The van der Waals surface area contributed by atoms with Gasteiger partial charge < -0.3 is 15.1 Å². The molecule has 4 heterocycles. The topological polar surface area (TPSA) is 68.8 Å². The molecule has 3 aliphatic rings. The van der Waals surface area contributed by atoms with Crippen LogP contribution in [0.5, 0.6) is 0 Å². The normalized spacial score (nSPS) is 24.3. The fourth-order valence-corrected chi connectivity index (χ4v) is 5.09. The van der Waals surface area contributed by atoms with E-state index in [-0.39, 0.29) is 11.8 Å². The van der Waals surface area contributed by atoms with Crippen molar-refractivity contribution in [3.05, 3.63) is 30.1 Å². The van der Waals surface area contributed by atoms with Gasteiger partial charge in [0.25, 0.3) is 0 Å². The van der Waals surface area contributed by atoms with Gasteiger partial charge in [0, 0.05) is 44.8 Å². The highest BCUT2D eigenvalue weighted by Gasteiger charge is 2.32. The van der Waals surface area contributed by atoms with Gasteiger partial charge >= 0.3 is 0 Å². The van der Waals surface area contributed by atoms with Gasteiger partial charge in [-0.3, -0.25) is 19.5 Å². The molecule has 30 heavy (non-hydrogen) atoms. The summed E-state index contributed by atoms with van der Waals surface area (Å²) in [6, 6.07) is 6.37. The summed E-state index contributed by atoms with van der Waals surface area (Å²) in [4.78, 5) is 35.8. The van der Waals surface area contributed by atoms with Crippen molar-refractivity contribution in [2.45, 2.75) is 51.1 Å². The van der Waals surface area contributed by atoms with Crippen molar-refractivity contribution >= 4 is 11.8 Å². The molecule has 0 radical (unpaired) electrons. The number of rotatable bonds is 7. The number of hydrogen-bond acceptors (Lipinski definition) is 5. The molecule has 4 rings (SSSR count). The maximum atomic E-state index is 12.7. The van der Waals surface area contributed by atoms with Gasteiger partial charge in [-0.15, -0.1) is 0 Å². The Balaban J connectivity index is 1.18. The van der Waals surface area contributed by atoms with Crippen LogP contribution < -0.4 is 5.32 Å². The van der Waals surface area contributed by atoms with Crippen LogP contribution in [-0.2, 0) is 16.1 Å². The molecule has 1 aromatic heterocycles. The standard InChI is InChI=1S/C23H35N5O2/c29-22-7-4-11-27(22)16-15-26-13-8-21(9-14-26)28-12-3-5-19(18-28)23(30)25-17-20-6-1-2-10-24-20/h1-2,6,10,19,21H,3-5,7-9,11-18H2,(H,25,30). The number of hydrogen-bond donors (Lipinski definition) is 1. The van der Waals surface area contributed by atoms with Gasteiger partial charge in [-0.2, -0.15) is 0 Å². The number of aromatic nitrogens is 1. The van der Waals surface area contributed by atoms with Crippen molar-refractivity contribution < 1.29 is 9.59 Å². The zero-order valence-electron chi connectivity index (χ0n) is 18.0. The Bertz CT molecular complexity index is 705. The summed E-state index contributed by atoms with van der Waals surface area (Å²) in [6.07, 6.45) is 7.91. The Labute approximate surface area is 179 Å². The van der Waals surface area contributed by atoms with Gasteiger partial charge in [-0.1, -0.05) is 6.07 Å². The van der Waals surface area contributed by atoms with Gasteiger partial charge in [-0.05, 0) is 63.9 Å². The van der Waals surface area contributed by atoms with Gasteiger partial charge in [0.1, 0.15) is 0 Å². The molecule has 3 aliphatic heterocycles. The average Bonchev–Trinajstić information content (AvgIpc) is 3.22. The third kappa shape index (κ3) is 5.58. The Kier molecular flexibility index (Phi) is 7.33. The minimum absolute atomic E-state index is 0.0849. The molecule has 3 fully saturated rings. The SMILES string of the molecule is O=C(NCc1ccccn1)C1CCCN(C2CCN(CCN3CCCC3=O)CC2)C1. The van der Waals surface area contributed by atoms with Crippen LogP contribution in [0.15, 0.2) is 24.4 Å². The highest BCUT2D eigenvalue weighted by molar-refractivity contribution is 5.79. The lowest BCUT2D eigenvalue weighted by atomic mass is 9.93. The lowest BCUT2D eigenvalue weighted by molar-refractivity contribution is -0.128. The molecule has 7 nitrogen and oxygen atoms in total. The van der Waals surface area contributed by atoms with Crippen LogP contribution >= 0.6 is 0 Å². The predicted octanol–water partition coefficient (Wildman–Crippen LogP) is 1.50. The molecule has 0 spiro atoms. The molecular weight excluding hydrogens is 378 g/mol. The van der Waals surface area contributed by atoms with Crippen LogP contribution in [0, 0.1) is 5.92 Å². The molecule has 1 N–H and O–H groups in total. The van der Waals surface area contributed by atoms with Crippen molar-refractivity contribution in [3.63, 3.8) is 0 Å². The third-order valence-electron chi connectivity index (χ3n) is 6.92. The predicted molar refractivity (Wildman–Crippen MR) is 116 cm³/mol. The second kappa shape index (κ2) is 10.4. The van der Waals surface area contributed by atoms with E-state index in [0.29, 0.717) is 18.5 Å². The molecule has 3 saturated heterocycles. The monoisotopic (exact) mass is 413 g/mol. The molecule has 0 aromatic carbocycles. The van der Waals surface area contributed by atoms with Crippen LogP contribution in [0.4, 0.5) is 0 Å². The lowest BCUT2D eigenvalue weighted by Crippen LogP contribution is -2.51. The average molecular weight is 414 g/mol. The maximum Gasteiger partial charge on any atom is 0.224 e. The minimum Gasteiger partial charge on any atom is -0.350 e. The number of likely N-dealkylation sites (tertiary alicyclic amines) is 3. The molecule has 0 aliphatic carbocycles. The Morgan fingerprint density at radius 3 is 2.67 bits per heavy atom. The van der Waals surface area contributed by atoms with E-state index in [4.69, 9.17) is 0 Å². The van der Waals surface area contributed by atoms with E-state index in [9.17, 15) is 9.59 Å².